The predicted molar refractivity (Wildman–Crippen MR) is 144 cm³/mol. The van der Waals surface area contributed by atoms with E-state index in [1.54, 1.807) is 48.5 Å². The largest absolute Gasteiger partial charge is 0.493 e. The number of anilines is 1. The fraction of sp³-hybridized carbons (Fsp3) is 0.233. The lowest BCUT2D eigenvalue weighted by Gasteiger charge is -2.35. The summed E-state index contributed by atoms with van der Waals surface area (Å²) < 4.78 is 16.7. The Morgan fingerprint density at radius 1 is 0.947 bits per heavy atom. The van der Waals surface area contributed by atoms with Crippen LogP contribution in [0.5, 0.6) is 17.2 Å². The van der Waals surface area contributed by atoms with Gasteiger partial charge < -0.3 is 19.1 Å². The summed E-state index contributed by atoms with van der Waals surface area (Å²) in [6, 6.07) is 20.7. The van der Waals surface area contributed by atoms with Gasteiger partial charge in [0.25, 0.3) is 0 Å². The number of nitrogens with zero attached hydrogens (tertiary/aromatic N) is 3. The number of methoxy groups -OCH3 is 3. The maximum atomic E-state index is 14.3. The second-order valence-corrected chi connectivity index (χ2v) is 9.55. The van der Waals surface area contributed by atoms with Crippen molar-refractivity contribution in [3.63, 3.8) is 0 Å². The molecule has 5 rings (SSSR count). The minimum absolute atomic E-state index is 0.210. The van der Waals surface area contributed by atoms with E-state index in [2.05, 4.69) is 12.1 Å². The van der Waals surface area contributed by atoms with Gasteiger partial charge in [0.05, 0.1) is 39.5 Å². The smallest absolute Gasteiger partial charge is 0.203 e. The molecule has 0 amide bonds. The van der Waals surface area contributed by atoms with Gasteiger partial charge in [0.2, 0.25) is 5.75 Å². The highest BCUT2D eigenvalue weighted by Gasteiger charge is 2.63. The average molecular weight is 526 g/mol. The first kappa shape index (κ1) is 25.2. The third-order valence-corrected chi connectivity index (χ3v) is 7.58. The molecule has 7 nitrogen and oxygen atoms in total. The van der Waals surface area contributed by atoms with Gasteiger partial charge in [0.1, 0.15) is 6.04 Å². The van der Waals surface area contributed by atoms with Crippen LogP contribution in [-0.2, 0) is 0 Å². The van der Waals surface area contributed by atoms with Crippen LogP contribution in [0.1, 0.15) is 27.4 Å². The summed E-state index contributed by atoms with van der Waals surface area (Å²) in [5.41, 5.74) is 0.935. The molecule has 0 radical (unpaired) electrons. The summed E-state index contributed by atoms with van der Waals surface area (Å²) in [6.45, 7) is 0. The van der Waals surface area contributed by atoms with Crippen molar-refractivity contribution in [2.24, 2.45) is 5.41 Å². The van der Waals surface area contributed by atoms with Gasteiger partial charge in [-0.15, -0.1) is 0 Å². The van der Waals surface area contributed by atoms with Crippen LogP contribution < -0.4 is 19.1 Å². The molecule has 3 aromatic carbocycles. The van der Waals surface area contributed by atoms with Gasteiger partial charge in [0.15, 0.2) is 22.7 Å². The van der Waals surface area contributed by atoms with Gasteiger partial charge in [-0.1, -0.05) is 54.1 Å². The van der Waals surface area contributed by atoms with E-state index < -0.39 is 23.4 Å². The van der Waals surface area contributed by atoms with Crippen LogP contribution in [0.3, 0.4) is 0 Å². The number of hydrogen-bond acceptors (Lipinski definition) is 7. The van der Waals surface area contributed by atoms with E-state index in [9.17, 15) is 15.3 Å². The monoisotopic (exact) mass is 525 g/mol. The molecule has 0 aromatic heterocycles. The lowest BCUT2D eigenvalue weighted by molar-refractivity contribution is 0.0950. The molecule has 0 N–H and O–H groups in total. The summed E-state index contributed by atoms with van der Waals surface area (Å²) >= 11 is 6.28. The Morgan fingerprint density at radius 3 is 2.18 bits per heavy atom. The highest BCUT2D eigenvalue weighted by atomic mass is 35.5. The van der Waals surface area contributed by atoms with Crippen LogP contribution in [0, 0.1) is 28.1 Å². The number of fused-ring (bicyclic) bond motifs is 3. The van der Waals surface area contributed by atoms with E-state index in [0.717, 1.165) is 11.3 Å². The summed E-state index contributed by atoms with van der Waals surface area (Å²) in [7, 11) is 4.49. The van der Waals surface area contributed by atoms with Crippen LogP contribution in [0.25, 0.3) is 6.08 Å². The molecule has 2 aliphatic heterocycles. The molecular weight excluding hydrogens is 502 g/mol. The normalized spacial score (nSPS) is 20.5. The van der Waals surface area contributed by atoms with Crippen LogP contribution in [0.2, 0.25) is 5.02 Å². The first-order chi connectivity index (χ1) is 18.4. The molecule has 1 saturated heterocycles. The molecule has 38 heavy (non-hydrogen) atoms. The first-order valence-electron chi connectivity index (χ1n) is 11.9. The summed E-state index contributed by atoms with van der Waals surface area (Å²) in [4.78, 5) is 16.2. The third kappa shape index (κ3) is 3.67. The summed E-state index contributed by atoms with van der Waals surface area (Å²) in [5, 5.41) is 21.8. The van der Waals surface area contributed by atoms with Gasteiger partial charge in [-0.05, 0) is 41.5 Å². The highest BCUT2D eigenvalue weighted by molar-refractivity contribution is 6.30. The lowest BCUT2D eigenvalue weighted by Crippen LogP contribution is -2.44. The zero-order chi connectivity index (χ0) is 27.0. The van der Waals surface area contributed by atoms with Crippen molar-refractivity contribution in [2.45, 2.75) is 18.0 Å². The number of benzene rings is 3. The van der Waals surface area contributed by atoms with E-state index in [4.69, 9.17) is 25.8 Å². The van der Waals surface area contributed by atoms with Crippen molar-refractivity contribution >= 4 is 29.1 Å². The zero-order valence-electron chi connectivity index (χ0n) is 21.0. The Kier molecular flexibility index (Phi) is 6.48. The predicted octanol–water partition coefficient (Wildman–Crippen LogP) is 5.65. The van der Waals surface area contributed by atoms with Crippen LogP contribution in [0.15, 0.2) is 66.7 Å². The molecule has 1 fully saturated rings. The molecule has 2 heterocycles. The molecule has 0 bridgehead atoms. The van der Waals surface area contributed by atoms with Gasteiger partial charge in [-0.3, -0.25) is 4.79 Å². The van der Waals surface area contributed by atoms with Crippen LogP contribution in [0.4, 0.5) is 5.69 Å². The number of ether oxygens (including phenoxy) is 3. The first-order valence-corrected chi connectivity index (χ1v) is 12.3. The SMILES string of the molecule is COc1cc(C2C(C(=O)c3ccccc3)N3c4ccc(Cl)cc4C=CC3C2(C#N)C#N)cc(OC)c1OC. The van der Waals surface area contributed by atoms with Crippen LogP contribution in [-0.4, -0.2) is 39.2 Å². The number of ketones is 1. The average Bonchev–Trinajstić information content (AvgIpc) is 3.27. The molecule has 2 aliphatic rings. The van der Waals surface area contributed by atoms with Crippen molar-refractivity contribution in [1.29, 1.82) is 10.5 Å². The van der Waals surface area contributed by atoms with Crippen molar-refractivity contribution in [2.75, 3.05) is 26.2 Å². The number of rotatable bonds is 6. The van der Waals surface area contributed by atoms with E-state index in [0.29, 0.717) is 33.4 Å². The second kappa shape index (κ2) is 9.78. The minimum Gasteiger partial charge on any atom is -0.493 e. The van der Waals surface area contributed by atoms with E-state index >= 15 is 0 Å². The minimum atomic E-state index is -1.62. The summed E-state index contributed by atoms with van der Waals surface area (Å²) in [5.74, 6) is 0.0307. The van der Waals surface area contributed by atoms with E-state index in [1.165, 1.54) is 21.3 Å². The zero-order valence-corrected chi connectivity index (χ0v) is 21.8. The molecule has 3 unspecified atom stereocenters. The van der Waals surface area contributed by atoms with Crippen molar-refractivity contribution < 1.29 is 19.0 Å². The fourth-order valence-corrected chi connectivity index (χ4v) is 5.87. The molecule has 8 heteroatoms. The third-order valence-electron chi connectivity index (χ3n) is 7.34. The maximum Gasteiger partial charge on any atom is 0.203 e. The Bertz CT molecular complexity index is 1480. The van der Waals surface area contributed by atoms with Crippen LogP contribution >= 0.6 is 11.6 Å². The van der Waals surface area contributed by atoms with Gasteiger partial charge in [-0.2, -0.15) is 10.5 Å². The molecule has 0 aliphatic carbocycles. The Balaban J connectivity index is 1.82. The molecule has 0 saturated carbocycles. The van der Waals surface area contributed by atoms with Gasteiger partial charge in [-0.25, -0.2) is 0 Å². The molecule has 3 atom stereocenters. The fourth-order valence-electron chi connectivity index (χ4n) is 5.69. The number of nitriles is 2. The van der Waals surface area contributed by atoms with E-state index in [-0.39, 0.29) is 5.78 Å². The number of carbonyl (C=O) groups is 1. The molecule has 190 valence electrons. The second-order valence-electron chi connectivity index (χ2n) is 9.12. The molecule has 3 aromatic rings. The van der Waals surface area contributed by atoms with Gasteiger partial charge in [0, 0.05) is 22.2 Å². The quantitative estimate of drug-likeness (QED) is 0.384. The number of carbonyl (C=O) groups excluding carboxylic acids is 1. The Labute approximate surface area is 226 Å². The standard InChI is InChI=1S/C30H24ClN3O4/c1-36-23-14-20(15-24(37-2)29(23)38-3)26-27(28(35)18-7-5-4-6-8-18)34-22-11-10-21(31)13-19(22)9-12-25(34)30(26,16-32)17-33/h4-15,25-27H,1-3H3. The topological polar surface area (TPSA) is 95.6 Å². The maximum absolute atomic E-state index is 14.3. The van der Waals surface area contributed by atoms with Crippen molar-refractivity contribution in [3.8, 4) is 29.4 Å². The highest BCUT2D eigenvalue weighted by Crippen LogP contribution is 2.57. The number of Topliss-reactive ketones (excluding diaryl/α,β-unsaturated/α-hetero) is 1. The Morgan fingerprint density at radius 2 is 1.61 bits per heavy atom. The molecule has 0 spiro atoms. The molecular formula is C30H24ClN3O4. The van der Waals surface area contributed by atoms with Gasteiger partial charge >= 0.3 is 0 Å². The lowest BCUT2D eigenvalue weighted by atomic mass is 9.69. The summed E-state index contributed by atoms with van der Waals surface area (Å²) in [6.07, 6.45) is 3.67. The Hall–Kier alpha value is -4.46. The van der Waals surface area contributed by atoms with Crippen molar-refractivity contribution in [3.05, 3.63) is 88.5 Å². The van der Waals surface area contributed by atoms with Crippen molar-refractivity contribution in [1.82, 2.24) is 0 Å². The number of halogens is 1. The van der Waals surface area contributed by atoms with E-state index in [1.807, 2.05) is 29.2 Å². The number of hydrogen-bond donors (Lipinski definition) is 0.